The van der Waals surface area contributed by atoms with Gasteiger partial charge in [-0.05, 0) is 83.6 Å². The Morgan fingerprint density at radius 3 is 1.10 bits per heavy atom. The summed E-state index contributed by atoms with van der Waals surface area (Å²) in [4.78, 5) is 21.4. The van der Waals surface area contributed by atoms with Crippen LogP contribution in [0.5, 0.6) is 0 Å². The zero-order chi connectivity index (χ0) is 46.3. The molecule has 0 aliphatic heterocycles. The van der Waals surface area contributed by atoms with Crippen molar-refractivity contribution < 1.29 is 0 Å². The van der Waals surface area contributed by atoms with Crippen LogP contribution in [0.2, 0.25) is 0 Å². The van der Waals surface area contributed by atoms with E-state index >= 15 is 0 Å². The molecule has 0 spiro atoms. The van der Waals surface area contributed by atoms with Gasteiger partial charge in [0.15, 0.2) is 11.6 Å². The highest BCUT2D eigenvalue weighted by molar-refractivity contribution is 6.12. The first kappa shape index (κ1) is 41.4. The van der Waals surface area contributed by atoms with Gasteiger partial charge in [-0.25, -0.2) is 19.9 Å². The van der Waals surface area contributed by atoms with Crippen LogP contribution >= 0.6 is 0 Å². The summed E-state index contributed by atoms with van der Waals surface area (Å²) in [7, 11) is 0. The molecular formula is C64H45N5. The Labute approximate surface area is 401 Å². The van der Waals surface area contributed by atoms with Crippen molar-refractivity contribution in [3.63, 3.8) is 0 Å². The van der Waals surface area contributed by atoms with Gasteiger partial charge >= 0.3 is 0 Å². The van der Waals surface area contributed by atoms with E-state index in [0.29, 0.717) is 11.6 Å². The van der Waals surface area contributed by atoms with E-state index in [9.17, 15) is 0 Å². The summed E-state index contributed by atoms with van der Waals surface area (Å²) in [5.74, 6) is 1.26. The van der Waals surface area contributed by atoms with Gasteiger partial charge in [0.05, 0.1) is 39.5 Å². The van der Waals surface area contributed by atoms with Crippen LogP contribution in [0.25, 0.3) is 118 Å². The molecule has 0 aliphatic rings. The molecular weight excluding hydrogens is 839 g/mol. The smallest absolute Gasteiger partial charge is 0.162 e. The lowest BCUT2D eigenvalue weighted by Crippen LogP contribution is -2.03. The molecule has 0 N–H and O–H groups in total. The molecule has 3 aromatic heterocycles. The zero-order valence-corrected chi connectivity index (χ0v) is 38.3. The SMILES string of the molecule is Cc1ccccc1-c1ccc2c3ccc(-c4ccccc4C)cc3n(-c3ccc(-c4cc(-c5ccccc5)nc(-c5ccccc5)n4)cc3-c3nc(-c4ccccc4)cc(-c4ccccc4)n3)c2c1. The van der Waals surface area contributed by atoms with Crippen LogP contribution in [0.1, 0.15) is 11.1 Å². The minimum absolute atomic E-state index is 0.604. The molecule has 12 rings (SSSR count). The van der Waals surface area contributed by atoms with E-state index in [1.165, 1.54) is 22.3 Å². The third-order valence-corrected chi connectivity index (χ3v) is 13.1. The second-order valence-corrected chi connectivity index (χ2v) is 17.5. The van der Waals surface area contributed by atoms with Gasteiger partial charge in [0, 0.05) is 44.2 Å². The van der Waals surface area contributed by atoms with E-state index in [-0.39, 0.29) is 0 Å². The Morgan fingerprint density at radius 1 is 0.275 bits per heavy atom. The van der Waals surface area contributed by atoms with Crippen molar-refractivity contribution in [1.29, 1.82) is 0 Å². The molecule has 3 heterocycles. The van der Waals surface area contributed by atoms with E-state index in [1.807, 2.05) is 48.5 Å². The van der Waals surface area contributed by atoms with Crippen molar-refractivity contribution in [3.8, 4) is 95.7 Å². The zero-order valence-electron chi connectivity index (χ0n) is 38.3. The van der Waals surface area contributed by atoms with Crippen LogP contribution in [-0.4, -0.2) is 24.5 Å². The fourth-order valence-electron chi connectivity index (χ4n) is 9.63. The maximum Gasteiger partial charge on any atom is 0.162 e. The molecule has 0 atom stereocenters. The second kappa shape index (κ2) is 17.6. The monoisotopic (exact) mass is 883 g/mol. The lowest BCUT2D eigenvalue weighted by molar-refractivity contribution is 1.13. The molecule has 69 heavy (non-hydrogen) atoms. The Kier molecular flexibility index (Phi) is 10.6. The summed E-state index contributed by atoms with van der Waals surface area (Å²) in [5, 5.41) is 2.32. The van der Waals surface area contributed by atoms with Crippen LogP contribution in [0.4, 0.5) is 0 Å². The quantitative estimate of drug-likeness (QED) is 0.145. The molecule has 9 aromatic carbocycles. The Bertz CT molecular complexity index is 3620. The van der Waals surface area contributed by atoms with Gasteiger partial charge < -0.3 is 4.57 Å². The number of nitrogens with zero attached hydrogens (tertiary/aromatic N) is 5. The summed E-state index contributed by atoms with van der Waals surface area (Å²) >= 11 is 0. The first-order chi connectivity index (χ1) is 34.0. The van der Waals surface area contributed by atoms with Crippen molar-refractivity contribution in [2.24, 2.45) is 0 Å². The lowest BCUT2D eigenvalue weighted by Gasteiger charge is -2.18. The van der Waals surface area contributed by atoms with Gasteiger partial charge in [0.25, 0.3) is 0 Å². The van der Waals surface area contributed by atoms with E-state index < -0.39 is 0 Å². The van der Waals surface area contributed by atoms with Crippen molar-refractivity contribution in [2.75, 3.05) is 0 Å². The molecule has 0 unspecified atom stereocenters. The third kappa shape index (κ3) is 7.86. The van der Waals surface area contributed by atoms with Gasteiger partial charge in [0.2, 0.25) is 0 Å². The summed E-state index contributed by atoms with van der Waals surface area (Å²) in [6.45, 7) is 4.36. The number of fused-ring (bicyclic) bond motifs is 3. The summed E-state index contributed by atoms with van der Waals surface area (Å²) in [6.07, 6.45) is 0. The molecule has 5 nitrogen and oxygen atoms in total. The number of hydrogen-bond acceptors (Lipinski definition) is 4. The number of hydrogen-bond donors (Lipinski definition) is 0. The molecule has 326 valence electrons. The maximum atomic E-state index is 5.49. The van der Waals surface area contributed by atoms with Gasteiger partial charge in [-0.1, -0.05) is 200 Å². The number of aromatic nitrogens is 5. The maximum absolute atomic E-state index is 5.49. The van der Waals surface area contributed by atoms with Crippen LogP contribution in [0.15, 0.2) is 237 Å². The highest BCUT2D eigenvalue weighted by atomic mass is 15.0. The highest BCUT2D eigenvalue weighted by Gasteiger charge is 2.22. The fraction of sp³-hybridized carbons (Fsp3) is 0.0312. The average molecular weight is 884 g/mol. The molecule has 0 radical (unpaired) electrons. The van der Waals surface area contributed by atoms with Gasteiger partial charge in [0.1, 0.15) is 0 Å². The van der Waals surface area contributed by atoms with Crippen LogP contribution in [-0.2, 0) is 0 Å². The largest absolute Gasteiger partial charge is 0.308 e. The van der Waals surface area contributed by atoms with Crippen molar-refractivity contribution in [3.05, 3.63) is 248 Å². The van der Waals surface area contributed by atoms with E-state index in [0.717, 1.165) is 94.8 Å². The molecule has 0 amide bonds. The van der Waals surface area contributed by atoms with E-state index in [2.05, 4.69) is 206 Å². The Balaban J connectivity index is 1.18. The Morgan fingerprint density at radius 2 is 0.652 bits per heavy atom. The Hall–Kier alpha value is -9.06. The predicted molar refractivity (Wildman–Crippen MR) is 285 cm³/mol. The predicted octanol–water partition coefficient (Wildman–Crippen LogP) is 16.3. The number of rotatable bonds is 9. The number of benzene rings is 9. The molecule has 0 saturated heterocycles. The van der Waals surface area contributed by atoms with E-state index in [4.69, 9.17) is 19.9 Å². The van der Waals surface area contributed by atoms with Crippen molar-refractivity contribution in [2.45, 2.75) is 13.8 Å². The fourth-order valence-corrected chi connectivity index (χ4v) is 9.63. The van der Waals surface area contributed by atoms with Gasteiger partial charge in [-0.2, -0.15) is 0 Å². The minimum Gasteiger partial charge on any atom is -0.308 e. The minimum atomic E-state index is 0.604. The first-order valence-corrected chi connectivity index (χ1v) is 23.4. The normalized spacial score (nSPS) is 11.3. The summed E-state index contributed by atoms with van der Waals surface area (Å²) in [6, 6.07) is 83.2. The molecule has 0 saturated carbocycles. The van der Waals surface area contributed by atoms with Crippen LogP contribution in [0.3, 0.4) is 0 Å². The van der Waals surface area contributed by atoms with Crippen LogP contribution in [0, 0.1) is 13.8 Å². The van der Waals surface area contributed by atoms with Crippen molar-refractivity contribution in [1.82, 2.24) is 24.5 Å². The summed E-state index contributed by atoms with van der Waals surface area (Å²) < 4.78 is 2.43. The standard InChI is InChI=1S/C64H45N5/c1-42-19-15-17-29-51(42)48-31-34-53-54-35-32-49(52-30-18-16-20-43(52)2)39-62(54)69(61(53)38-48)60-36-33-50(59-41-56(44-21-7-3-8-22-44)65-63(66-59)47-27-13-6-14-28-47)37-55(60)64-67-57(45-23-9-4-10-24-45)40-58(68-64)46-25-11-5-12-26-46/h3-41H,1-2H3. The summed E-state index contributed by atoms with van der Waals surface area (Å²) in [5.41, 5.74) is 19.3. The highest BCUT2D eigenvalue weighted by Crippen LogP contribution is 2.42. The molecule has 0 fully saturated rings. The average Bonchev–Trinajstić information content (AvgIpc) is 3.74. The molecule has 12 aromatic rings. The first-order valence-electron chi connectivity index (χ1n) is 23.4. The van der Waals surface area contributed by atoms with Gasteiger partial charge in [-0.3, -0.25) is 0 Å². The van der Waals surface area contributed by atoms with Gasteiger partial charge in [-0.15, -0.1) is 0 Å². The molecule has 0 bridgehead atoms. The molecule has 5 heteroatoms. The van der Waals surface area contributed by atoms with E-state index in [1.54, 1.807) is 0 Å². The lowest BCUT2D eigenvalue weighted by atomic mass is 9.98. The number of aryl methyl sites for hydroxylation is 2. The van der Waals surface area contributed by atoms with Crippen molar-refractivity contribution >= 4 is 21.8 Å². The third-order valence-electron chi connectivity index (χ3n) is 13.1. The second-order valence-electron chi connectivity index (χ2n) is 17.5. The molecule has 0 aliphatic carbocycles. The van der Waals surface area contributed by atoms with Crippen LogP contribution < -0.4 is 0 Å². The topological polar surface area (TPSA) is 56.5 Å².